The Morgan fingerprint density at radius 1 is 1.50 bits per heavy atom. The van der Waals surface area contributed by atoms with E-state index in [9.17, 15) is 0 Å². The predicted octanol–water partition coefficient (Wildman–Crippen LogP) is 0.764. The van der Waals surface area contributed by atoms with E-state index in [1.807, 2.05) is 0 Å². The Kier molecular flexibility index (Phi) is 3.69. The Hall–Kier alpha value is -0.0700. The largest absolute Gasteiger partial charge is 0.473 e. The number of benzene rings is 1. The summed E-state index contributed by atoms with van der Waals surface area (Å²) in [6.45, 7) is 3.07. The monoisotopic (exact) mass is 377 g/mol. The molecule has 0 bridgehead atoms. The van der Waals surface area contributed by atoms with Crippen molar-refractivity contribution in [2.45, 2.75) is 25.5 Å². The first-order chi connectivity index (χ1) is 8.63. The second-order valence-corrected chi connectivity index (χ2v) is 8.29. The van der Waals surface area contributed by atoms with Crippen LogP contribution in [-0.4, -0.2) is 25.6 Å². The van der Waals surface area contributed by atoms with Crippen LogP contribution >= 0.6 is 29.3 Å². The van der Waals surface area contributed by atoms with Crippen LogP contribution in [0.25, 0.3) is 0 Å². The Balaban J connectivity index is 1.95. The molecular formula is C12H17IN3OP. The van der Waals surface area contributed by atoms with Crippen LogP contribution in [0.3, 0.4) is 0 Å². The van der Waals surface area contributed by atoms with Gasteiger partial charge in [-0.1, -0.05) is 35.4 Å². The van der Waals surface area contributed by atoms with Gasteiger partial charge in [-0.05, 0) is 18.6 Å². The summed E-state index contributed by atoms with van der Waals surface area (Å²) in [7, 11) is 0.541. The van der Waals surface area contributed by atoms with Crippen LogP contribution in [0.1, 0.15) is 11.1 Å². The number of rotatable bonds is 2. The van der Waals surface area contributed by atoms with Crippen LogP contribution < -0.4 is 21.5 Å². The molecule has 18 heavy (non-hydrogen) atoms. The number of alkyl halides is 1. The molecule has 1 aromatic rings. The molecular weight excluding hydrogens is 360 g/mol. The minimum absolute atomic E-state index is 0.0754. The lowest BCUT2D eigenvalue weighted by Crippen LogP contribution is -2.47. The molecule has 6 heteroatoms. The number of fused-ring (bicyclic) bond motifs is 1. The van der Waals surface area contributed by atoms with Gasteiger partial charge in [0.2, 0.25) is 0 Å². The molecule has 2 heterocycles. The van der Waals surface area contributed by atoms with Gasteiger partial charge < -0.3 is 10.5 Å². The van der Waals surface area contributed by atoms with Crippen LogP contribution in [0.4, 0.5) is 0 Å². The van der Waals surface area contributed by atoms with Crippen molar-refractivity contribution in [1.29, 1.82) is 0 Å². The number of aryl methyl sites for hydroxylation is 1. The molecule has 2 aliphatic heterocycles. The SMILES string of the molecule is Cc1cc(CN2C=IC2)c2c(c1)PC(N)C(N)O2. The highest BCUT2D eigenvalue weighted by molar-refractivity contribution is 14.2. The van der Waals surface area contributed by atoms with E-state index in [1.54, 1.807) is 0 Å². The Morgan fingerprint density at radius 3 is 2.94 bits per heavy atom. The van der Waals surface area contributed by atoms with Crippen LogP contribution in [0.15, 0.2) is 12.1 Å². The van der Waals surface area contributed by atoms with E-state index in [1.165, 1.54) is 21.0 Å². The predicted molar refractivity (Wildman–Crippen MR) is 86.2 cm³/mol. The number of hydrogen-bond donors (Lipinski definition) is 2. The Morgan fingerprint density at radius 2 is 2.28 bits per heavy atom. The van der Waals surface area contributed by atoms with Gasteiger partial charge in [-0.3, -0.25) is 10.6 Å². The van der Waals surface area contributed by atoms with Crippen LogP contribution in [0, 0.1) is 6.92 Å². The third kappa shape index (κ3) is 2.47. The molecule has 98 valence electrons. The lowest BCUT2D eigenvalue weighted by atomic mass is 10.1. The smallest absolute Gasteiger partial charge is 0.167 e. The molecule has 0 spiro atoms. The molecule has 0 saturated carbocycles. The van der Waals surface area contributed by atoms with E-state index in [2.05, 4.69) is 28.1 Å². The average Bonchev–Trinajstić information content (AvgIpc) is 2.26. The van der Waals surface area contributed by atoms with Gasteiger partial charge in [0.05, 0.1) is 10.3 Å². The first kappa shape index (κ1) is 12.9. The van der Waals surface area contributed by atoms with Crippen LogP contribution in [-0.2, 0) is 6.54 Å². The fraction of sp³-hybridized carbons (Fsp3) is 0.417. The Labute approximate surface area is 119 Å². The number of ether oxygens (including phenoxy) is 1. The summed E-state index contributed by atoms with van der Waals surface area (Å²) in [5.74, 6) is 0.903. The summed E-state index contributed by atoms with van der Waals surface area (Å²) in [5.41, 5.74) is 14.4. The summed E-state index contributed by atoms with van der Waals surface area (Å²) in [4.78, 5) is 2.36. The second-order valence-electron chi connectivity index (χ2n) is 4.67. The summed E-state index contributed by atoms with van der Waals surface area (Å²) in [5, 5.41) is 1.23. The third-order valence-corrected chi connectivity index (χ3v) is 6.84. The van der Waals surface area contributed by atoms with Crippen molar-refractivity contribution in [2.24, 2.45) is 11.5 Å². The number of nitrogens with zero attached hydrogens (tertiary/aromatic N) is 1. The van der Waals surface area contributed by atoms with Gasteiger partial charge in [0.1, 0.15) is 5.75 Å². The second kappa shape index (κ2) is 5.13. The van der Waals surface area contributed by atoms with Crippen molar-refractivity contribution in [3.05, 3.63) is 23.3 Å². The highest BCUT2D eigenvalue weighted by Crippen LogP contribution is 2.34. The lowest BCUT2D eigenvalue weighted by Gasteiger charge is -2.32. The van der Waals surface area contributed by atoms with Crippen molar-refractivity contribution < 1.29 is 4.74 Å². The molecule has 0 fully saturated rings. The van der Waals surface area contributed by atoms with E-state index >= 15 is 0 Å². The van der Waals surface area contributed by atoms with E-state index in [0.717, 1.165) is 12.3 Å². The van der Waals surface area contributed by atoms with Gasteiger partial charge in [0.15, 0.2) is 6.23 Å². The molecule has 0 aliphatic carbocycles. The van der Waals surface area contributed by atoms with Crippen molar-refractivity contribution in [3.8, 4) is 5.75 Å². The fourth-order valence-electron chi connectivity index (χ4n) is 2.15. The minimum Gasteiger partial charge on any atom is -0.473 e. The standard InChI is InChI=1S/C12H17IN3OP/c1-7-2-8(4-16-5-13-6-16)10-9(3-7)18-12(15)11(14)17-10/h2-3,5,11-12,18H,4,6,14-15H2,1H3. The van der Waals surface area contributed by atoms with Crippen LogP contribution in [0.5, 0.6) is 5.75 Å². The quantitative estimate of drug-likeness (QED) is 0.346. The van der Waals surface area contributed by atoms with E-state index in [-0.39, 0.29) is 12.0 Å². The van der Waals surface area contributed by atoms with Gasteiger partial charge in [-0.15, -0.1) is 0 Å². The molecule has 0 radical (unpaired) electrons. The normalized spacial score (nSPS) is 28.2. The molecule has 3 unspecified atom stereocenters. The zero-order valence-electron chi connectivity index (χ0n) is 10.2. The number of nitrogens with two attached hydrogens (primary N) is 2. The first-order valence-corrected chi connectivity index (χ1v) is 9.71. The highest BCUT2D eigenvalue weighted by atomic mass is 127. The molecule has 0 aromatic heterocycles. The summed E-state index contributed by atoms with van der Waals surface area (Å²) in [6.07, 6.45) is -0.370. The lowest BCUT2D eigenvalue weighted by molar-refractivity contribution is 0.201. The zero-order valence-corrected chi connectivity index (χ0v) is 13.3. The van der Waals surface area contributed by atoms with Gasteiger partial charge in [-0.25, -0.2) is 0 Å². The number of halogens is 1. The molecule has 4 nitrogen and oxygen atoms in total. The van der Waals surface area contributed by atoms with Crippen molar-refractivity contribution >= 4 is 38.8 Å². The van der Waals surface area contributed by atoms with Gasteiger partial charge in [-0.2, -0.15) is 0 Å². The van der Waals surface area contributed by atoms with E-state index in [0.29, 0.717) is 29.3 Å². The topological polar surface area (TPSA) is 64.5 Å². The van der Waals surface area contributed by atoms with Gasteiger partial charge >= 0.3 is 0 Å². The molecule has 0 amide bonds. The summed E-state index contributed by atoms with van der Waals surface area (Å²) < 4.78 is 9.41. The summed E-state index contributed by atoms with van der Waals surface area (Å²) in [6, 6.07) is 4.38. The van der Waals surface area contributed by atoms with Crippen molar-refractivity contribution in [1.82, 2.24) is 4.90 Å². The fourth-order valence-corrected chi connectivity index (χ4v) is 4.79. The Bertz CT molecular complexity index is 508. The molecule has 2 aliphatic rings. The van der Waals surface area contributed by atoms with E-state index in [4.69, 9.17) is 16.2 Å². The molecule has 3 rings (SSSR count). The van der Waals surface area contributed by atoms with Crippen molar-refractivity contribution in [3.63, 3.8) is 0 Å². The van der Waals surface area contributed by atoms with E-state index < -0.39 is 0 Å². The third-order valence-electron chi connectivity index (χ3n) is 3.04. The van der Waals surface area contributed by atoms with Crippen molar-refractivity contribution in [2.75, 3.05) is 4.55 Å². The molecule has 4 N–H and O–H groups in total. The maximum absolute atomic E-state index is 5.98. The maximum Gasteiger partial charge on any atom is 0.167 e. The average molecular weight is 377 g/mol. The van der Waals surface area contributed by atoms with Gasteiger partial charge in [0.25, 0.3) is 0 Å². The summed E-state index contributed by atoms with van der Waals surface area (Å²) >= 11 is 0.333. The zero-order chi connectivity index (χ0) is 12.7. The van der Waals surface area contributed by atoms with Gasteiger partial charge in [0, 0.05) is 21.5 Å². The molecule has 1 aromatic carbocycles. The molecule has 0 saturated heterocycles. The maximum atomic E-state index is 5.98. The molecule has 3 atom stereocenters. The number of hydrogen-bond acceptors (Lipinski definition) is 4. The minimum atomic E-state index is -0.370. The van der Waals surface area contributed by atoms with Crippen LogP contribution in [0.2, 0.25) is 0 Å². The first-order valence-electron chi connectivity index (χ1n) is 5.86. The highest BCUT2D eigenvalue weighted by Gasteiger charge is 2.27.